The highest BCUT2D eigenvalue weighted by Crippen LogP contribution is 2.21. The fraction of sp³-hybridized carbons (Fsp3) is 0.0667. The molecule has 0 aliphatic heterocycles. The molecular weight excluding hydrogens is 258 g/mol. The predicted octanol–water partition coefficient (Wildman–Crippen LogP) is 2.07. The molecule has 1 amide bonds. The zero-order valence-electron chi connectivity index (χ0n) is 10.6. The fourth-order valence-corrected chi connectivity index (χ4v) is 1.54. The highest BCUT2D eigenvalue weighted by Gasteiger charge is 2.16. The van der Waals surface area contributed by atoms with Gasteiger partial charge in [0.2, 0.25) is 0 Å². The zero-order chi connectivity index (χ0) is 14.4. The van der Waals surface area contributed by atoms with Crippen LogP contribution >= 0.6 is 0 Å². The number of amides is 1. The molecule has 20 heavy (non-hydrogen) atoms. The summed E-state index contributed by atoms with van der Waals surface area (Å²) in [4.78, 5) is 23.1. The Labute approximate surface area is 115 Å². The Hall–Kier alpha value is -2.82. The molecule has 0 aliphatic rings. The van der Waals surface area contributed by atoms with Gasteiger partial charge in [-0.3, -0.25) is 4.79 Å². The molecule has 0 fully saturated rings. The summed E-state index contributed by atoms with van der Waals surface area (Å²) in [6, 6.07) is 15.2. The number of para-hydroxylation sites is 2. The van der Waals surface area contributed by atoms with Crippen LogP contribution < -0.4 is 5.32 Å². The molecule has 0 unspecified atom stereocenters. The number of rotatable bonds is 3. The molecule has 0 saturated carbocycles. The van der Waals surface area contributed by atoms with E-state index in [2.05, 4.69) is 5.32 Å². The maximum atomic E-state index is 11.6. The molecule has 5 nitrogen and oxygen atoms in total. The monoisotopic (exact) mass is 271 g/mol. The topological polar surface area (TPSA) is 75.6 Å². The van der Waals surface area contributed by atoms with Crippen LogP contribution in [0.2, 0.25) is 0 Å². The van der Waals surface area contributed by atoms with Crippen LogP contribution in [0, 0.1) is 0 Å². The number of anilines is 1. The van der Waals surface area contributed by atoms with Crippen molar-refractivity contribution in [3.63, 3.8) is 0 Å². The summed E-state index contributed by atoms with van der Waals surface area (Å²) in [5, 5.41) is 11.8. The average Bonchev–Trinajstić information content (AvgIpc) is 2.48. The Balaban J connectivity index is 1.90. The molecule has 0 aromatic heterocycles. The van der Waals surface area contributed by atoms with E-state index >= 15 is 0 Å². The van der Waals surface area contributed by atoms with Crippen molar-refractivity contribution in [3.05, 3.63) is 60.2 Å². The molecule has 2 rings (SSSR count). The summed E-state index contributed by atoms with van der Waals surface area (Å²) >= 11 is 0. The van der Waals surface area contributed by atoms with E-state index in [1.807, 2.05) is 18.2 Å². The Morgan fingerprint density at radius 2 is 1.65 bits per heavy atom. The summed E-state index contributed by atoms with van der Waals surface area (Å²) < 4.78 is 4.87. The van der Waals surface area contributed by atoms with E-state index < -0.39 is 11.9 Å². The molecule has 2 aromatic rings. The van der Waals surface area contributed by atoms with Crippen molar-refractivity contribution in [1.82, 2.24) is 0 Å². The van der Waals surface area contributed by atoms with Crippen LogP contribution in [0.25, 0.3) is 0 Å². The third-order valence-corrected chi connectivity index (χ3v) is 2.55. The molecule has 102 valence electrons. The van der Waals surface area contributed by atoms with Crippen molar-refractivity contribution in [1.29, 1.82) is 0 Å². The smallest absolute Gasteiger partial charge is 0.397 e. The van der Waals surface area contributed by atoms with Crippen molar-refractivity contribution in [2.45, 2.75) is 6.61 Å². The number of phenols is 1. The third-order valence-electron chi connectivity index (χ3n) is 2.55. The molecule has 0 radical (unpaired) electrons. The van der Waals surface area contributed by atoms with E-state index in [0.717, 1.165) is 5.56 Å². The second-order valence-corrected chi connectivity index (χ2v) is 4.03. The van der Waals surface area contributed by atoms with Crippen LogP contribution in [-0.4, -0.2) is 17.0 Å². The van der Waals surface area contributed by atoms with Crippen LogP contribution in [0.3, 0.4) is 0 Å². The third kappa shape index (κ3) is 3.58. The molecule has 0 bridgehead atoms. The largest absolute Gasteiger partial charge is 0.506 e. The lowest BCUT2D eigenvalue weighted by Gasteiger charge is -2.07. The van der Waals surface area contributed by atoms with Gasteiger partial charge in [0.25, 0.3) is 0 Å². The van der Waals surface area contributed by atoms with Crippen LogP contribution in [0.4, 0.5) is 5.69 Å². The Morgan fingerprint density at radius 1 is 1.00 bits per heavy atom. The van der Waals surface area contributed by atoms with Gasteiger partial charge >= 0.3 is 11.9 Å². The molecule has 2 N–H and O–H groups in total. The van der Waals surface area contributed by atoms with E-state index in [1.54, 1.807) is 24.3 Å². The van der Waals surface area contributed by atoms with E-state index in [4.69, 9.17) is 4.74 Å². The number of phenolic OH excluding ortho intramolecular Hbond substituents is 1. The quantitative estimate of drug-likeness (QED) is 0.509. The number of benzene rings is 2. The van der Waals surface area contributed by atoms with Crippen LogP contribution in [-0.2, 0) is 20.9 Å². The number of nitrogens with one attached hydrogen (secondary N) is 1. The minimum atomic E-state index is -1.00. The number of carbonyl (C=O) groups is 2. The van der Waals surface area contributed by atoms with Crippen molar-refractivity contribution in [2.24, 2.45) is 0 Å². The highest BCUT2D eigenvalue weighted by molar-refractivity contribution is 6.37. The maximum absolute atomic E-state index is 11.6. The van der Waals surface area contributed by atoms with Crippen LogP contribution in [0.1, 0.15) is 5.56 Å². The molecule has 0 heterocycles. The SMILES string of the molecule is O=C(Nc1ccccc1O)C(=O)OCc1ccccc1. The van der Waals surface area contributed by atoms with Gasteiger partial charge in [-0.15, -0.1) is 0 Å². The first-order valence-corrected chi connectivity index (χ1v) is 5.97. The summed E-state index contributed by atoms with van der Waals surface area (Å²) in [6.07, 6.45) is 0. The van der Waals surface area contributed by atoms with Gasteiger partial charge < -0.3 is 15.2 Å². The van der Waals surface area contributed by atoms with E-state index in [9.17, 15) is 14.7 Å². The lowest BCUT2D eigenvalue weighted by molar-refractivity contribution is -0.153. The summed E-state index contributed by atoms with van der Waals surface area (Å²) in [7, 11) is 0. The van der Waals surface area contributed by atoms with Gasteiger partial charge in [-0.25, -0.2) is 4.79 Å². The second-order valence-electron chi connectivity index (χ2n) is 4.03. The van der Waals surface area contributed by atoms with Gasteiger partial charge in [-0.05, 0) is 17.7 Å². The Kier molecular flexibility index (Phi) is 4.34. The molecular formula is C15H13NO4. The van der Waals surface area contributed by atoms with Gasteiger partial charge in [-0.1, -0.05) is 42.5 Å². The summed E-state index contributed by atoms with van der Waals surface area (Å²) in [5.41, 5.74) is 0.949. The van der Waals surface area contributed by atoms with E-state index in [-0.39, 0.29) is 18.0 Å². The lowest BCUT2D eigenvalue weighted by atomic mass is 10.2. The molecule has 0 spiro atoms. The number of aromatic hydroxyl groups is 1. The van der Waals surface area contributed by atoms with Gasteiger partial charge in [-0.2, -0.15) is 0 Å². The predicted molar refractivity (Wildman–Crippen MR) is 73.0 cm³/mol. The number of ether oxygens (including phenoxy) is 1. The standard InChI is InChI=1S/C15H13NO4/c17-13-9-5-4-8-12(13)16-14(18)15(19)20-10-11-6-2-1-3-7-11/h1-9,17H,10H2,(H,16,18). The van der Waals surface area contributed by atoms with Crippen molar-refractivity contribution < 1.29 is 19.4 Å². The fourth-order valence-electron chi connectivity index (χ4n) is 1.54. The molecule has 5 heteroatoms. The normalized spacial score (nSPS) is 9.80. The van der Waals surface area contributed by atoms with Gasteiger partial charge in [0.05, 0.1) is 5.69 Å². The molecule has 0 aliphatic carbocycles. The minimum Gasteiger partial charge on any atom is -0.506 e. The number of carbonyl (C=O) groups excluding carboxylic acids is 2. The first-order valence-electron chi connectivity index (χ1n) is 5.97. The molecule has 2 aromatic carbocycles. The lowest BCUT2D eigenvalue weighted by Crippen LogP contribution is -2.24. The van der Waals surface area contributed by atoms with Crippen molar-refractivity contribution in [3.8, 4) is 5.75 Å². The number of hydrogen-bond donors (Lipinski definition) is 2. The van der Waals surface area contributed by atoms with E-state index in [1.165, 1.54) is 12.1 Å². The van der Waals surface area contributed by atoms with E-state index in [0.29, 0.717) is 0 Å². The Bertz CT molecular complexity index is 610. The van der Waals surface area contributed by atoms with Gasteiger partial charge in [0, 0.05) is 0 Å². The van der Waals surface area contributed by atoms with Crippen molar-refractivity contribution >= 4 is 17.6 Å². The first-order chi connectivity index (χ1) is 9.66. The van der Waals surface area contributed by atoms with Gasteiger partial charge in [0.1, 0.15) is 12.4 Å². The summed E-state index contributed by atoms with van der Waals surface area (Å²) in [5.74, 6) is -2.05. The molecule has 0 saturated heterocycles. The van der Waals surface area contributed by atoms with Crippen molar-refractivity contribution in [2.75, 3.05) is 5.32 Å². The highest BCUT2D eigenvalue weighted by atomic mass is 16.5. The van der Waals surface area contributed by atoms with Gasteiger partial charge in [0.15, 0.2) is 0 Å². The number of esters is 1. The molecule has 0 atom stereocenters. The minimum absolute atomic E-state index is 0.0217. The average molecular weight is 271 g/mol. The van der Waals surface area contributed by atoms with Crippen LogP contribution in [0.5, 0.6) is 5.75 Å². The Morgan fingerprint density at radius 3 is 2.35 bits per heavy atom. The number of hydrogen-bond acceptors (Lipinski definition) is 4. The second kappa shape index (κ2) is 6.38. The first kappa shape index (κ1) is 13.6. The van der Waals surface area contributed by atoms with Crippen LogP contribution in [0.15, 0.2) is 54.6 Å². The summed E-state index contributed by atoms with van der Waals surface area (Å²) in [6.45, 7) is 0.0217. The maximum Gasteiger partial charge on any atom is 0.397 e. The zero-order valence-corrected chi connectivity index (χ0v) is 10.6.